The fourth-order valence-electron chi connectivity index (χ4n) is 3.47. The van der Waals surface area contributed by atoms with Crippen molar-refractivity contribution in [2.75, 3.05) is 5.32 Å². The van der Waals surface area contributed by atoms with Crippen LogP contribution in [0.25, 0.3) is 16.9 Å². The van der Waals surface area contributed by atoms with Gasteiger partial charge in [0.25, 0.3) is 0 Å². The Morgan fingerprint density at radius 1 is 1.07 bits per heavy atom. The van der Waals surface area contributed by atoms with Gasteiger partial charge in [-0.15, -0.1) is 0 Å². The Labute approximate surface area is 163 Å². The van der Waals surface area contributed by atoms with Crippen LogP contribution >= 0.6 is 0 Å². The average molecular weight is 371 g/mol. The van der Waals surface area contributed by atoms with E-state index in [2.05, 4.69) is 61.4 Å². The first-order chi connectivity index (χ1) is 13.7. The summed E-state index contributed by atoms with van der Waals surface area (Å²) in [4.78, 5) is 9.00. The second-order valence-electron chi connectivity index (χ2n) is 7.23. The van der Waals surface area contributed by atoms with Crippen LogP contribution in [0.1, 0.15) is 30.0 Å². The van der Waals surface area contributed by atoms with Crippen molar-refractivity contribution in [2.24, 2.45) is 7.05 Å². The van der Waals surface area contributed by atoms with Crippen LogP contribution in [0.3, 0.4) is 0 Å². The van der Waals surface area contributed by atoms with Gasteiger partial charge in [0.05, 0.1) is 23.3 Å². The molecule has 0 spiro atoms. The number of rotatable bonds is 5. The van der Waals surface area contributed by atoms with Crippen LogP contribution in [0.2, 0.25) is 0 Å². The monoisotopic (exact) mass is 371 g/mol. The molecule has 3 aromatic heterocycles. The van der Waals surface area contributed by atoms with E-state index in [1.54, 1.807) is 17.1 Å². The number of aromatic nitrogens is 6. The molecule has 140 valence electrons. The van der Waals surface area contributed by atoms with Gasteiger partial charge in [-0.1, -0.05) is 6.07 Å². The van der Waals surface area contributed by atoms with Gasteiger partial charge in [-0.05, 0) is 49.6 Å². The Kier molecular flexibility index (Phi) is 3.93. The van der Waals surface area contributed by atoms with Crippen molar-refractivity contribution in [2.45, 2.75) is 25.7 Å². The van der Waals surface area contributed by atoms with E-state index in [-0.39, 0.29) is 0 Å². The van der Waals surface area contributed by atoms with Gasteiger partial charge in [-0.2, -0.15) is 10.2 Å². The number of anilines is 2. The normalized spacial score (nSPS) is 13.6. The minimum atomic E-state index is 0.553. The maximum atomic E-state index is 4.67. The molecule has 1 aromatic carbocycles. The second-order valence-corrected chi connectivity index (χ2v) is 7.23. The fraction of sp³-hybridized carbons (Fsp3) is 0.238. The predicted octanol–water partition coefficient (Wildman–Crippen LogP) is 3.99. The van der Waals surface area contributed by atoms with E-state index < -0.39 is 0 Å². The highest BCUT2D eigenvalue weighted by molar-refractivity contribution is 5.67. The van der Waals surface area contributed by atoms with Gasteiger partial charge in [0.1, 0.15) is 0 Å². The fourth-order valence-corrected chi connectivity index (χ4v) is 3.47. The molecule has 3 heterocycles. The molecule has 1 fully saturated rings. The summed E-state index contributed by atoms with van der Waals surface area (Å²) in [6, 6.07) is 10.4. The molecule has 0 saturated heterocycles. The summed E-state index contributed by atoms with van der Waals surface area (Å²) in [6.45, 7) is 2.11. The summed E-state index contributed by atoms with van der Waals surface area (Å²) in [5, 5.41) is 11.9. The first-order valence-electron chi connectivity index (χ1n) is 9.41. The van der Waals surface area contributed by atoms with Crippen molar-refractivity contribution in [3.05, 3.63) is 66.4 Å². The van der Waals surface area contributed by atoms with E-state index in [0.29, 0.717) is 11.9 Å². The molecule has 7 heteroatoms. The first kappa shape index (κ1) is 16.7. The summed E-state index contributed by atoms with van der Waals surface area (Å²) < 4.78 is 3.80. The Morgan fingerprint density at radius 3 is 2.71 bits per heavy atom. The van der Waals surface area contributed by atoms with Gasteiger partial charge >= 0.3 is 0 Å². The summed E-state index contributed by atoms with van der Waals surface area (Å²) in [6.07, 6.45) is 9.81. The molecule has 0 unspecified atom stereocenters. The Hall–Kier alpha value is -3.48. The van der Waals surface area contributed by atoms with Gasteiger partial charge in [-0.3, -0.25) is 4.68 Å². The zero-order chi connectivity index (χ0) is 19.1. The molecule has 28 heavy (non-hydrogen) atoms. The molecule has 1 aliphatic carbocycles. The maximum absolute atomic E-state index is 4.67. The lowest BCUT2D eigenvalue weighted by Gasteiger charge is -2.11. The van der Waals surface area contributed by atoms with Crippen molar-refractivity contribution < 1.29 is 0 Å². The highest BCUT2D eigenvalue weighted by Crippen LogP contribution is 2.40. The smallest absolute Gasteiger partial charge is 0.227 e. The third kappa shape index (κ3) is 3.15. The van der Waals surface area contributed by atoms with E-state index >= 15 is 0 Å². The van der Waals surface area contributed by atoms with Gasteiger partial charge in [-0.25, -0.2) is 14.6 Å². The average Bonchev–Trinajstić information content (AvgIpc) is 3.27. The molecule has 0 aliphatic heterocycles. The summed E-state index contributed by atoms with van der Waals surface area (Å²) in [5.74, 6) is 1.21. The quantitative estimate of drug-likeness (QED) is 0.574. The minimum absolute atomic E-state index is 0.553. The number of nitrogens with zero attached hydrogens (tertiary/aromatic N) is 6. The molecule has 5 rings (SSSR count). The van der Waals surface area contributed by atoms with E-state index in [0.717, 1.165) is 28.2 Å². The second kappa shape index (κ2) is 6.60. The molecular weight excluding hydrogens is 350 g/mol. The highest BCUT2D eigenvalue weighted by atomic mass is 15.3. The summed E-state index contributed by atoms with van der Waals surface area (Å²) in [7, 11) is 1.88. The number of hydrogen-bond donors (Lipinski definition) is 1. The molecular formula is C21H21N7. The van der Waals surface area contributed by atoms with Crippen LogP contribution in [-0.2, 0) is 7.05 Å². The van der Waals surface area contributed by atoms with Crippen LogP contribution in [0, 0.1) is 6.92 Å². The maximum Gasteiger partial charge on any atom is 0.227 e. The lowest BCUT2D eigenvalue weighted by molar-refractivity contribution is 0.768. The van der Waals surface area contributed by atoms with Crippen LogP contribution < -0.4 is 5.32 Å². The van der Waals surface area contributed by atoms with E-state index in [4.69, 9.17) is 0 Å². The van der Waals surface area contributed by atoms with Gasteiger partial charge in [0, 0.05) is 42.8 Å². The number of benzene rings is 1. The van der Waals surface area contributed by atoms with Crippen LogP contribution in [0.4, 0.5) is 11.6 Å². The van der Waals surface area contributed by atoms with Crippen LogP contribution in [0.5, 0.6) is 0 Å². The molecule has 7 nitrogen and oxygen atoms in total. The topological polar surface area (TPSA) is 73.5 Å². The SMILES string of the molecule is Cc1cc(-n2nccc2C2CC2)ccc1-c1ccnc(Nc2cnn(C)c2)n1. The standard InChI is InChI=1S/C21H21N7/c1-14-11-17(28-20(8-10-23-28)15-3-4-15)5-6-18(14)19-7-9-22-21(26-19)25-16-12-24-27(2)13-16/h5-13,15H,3-4H2,1-2H3,(H,22,25,26). The van der Waals surface area contributed by atoms with Crippen molar-refractivity contribution in [3.63, 3.8) is 0 Å². The molecule has 0 amide bonds. The number of aryl methyl sites for hydroxylation is 2. The van der Waals surface area contributed by atoms with Gasteiger partial charge in [0.15, 0.2) is 0 Å². The third-order valence-electron chi connectivity index (χ3n) is 5.01. The molecule has 1 N–H and O–H groups in total. The zero-order valence-electron chi connectivity index (χ0n) is 15.9. The molecule has 4 aromatic rings. The van der Waals surface area contributed by atoms with E-state index in [1.807, 2.05) is 25.5 Å². The molecule has 1 aliphatic rings. The van der Waals surface area contributed by atoms with Crippen molar-refractivity contribution >= 4 is 11.6 Å². The van der Waals surface area contributed by atoms with Gasteiger partial charge < -0.3 is 5.32 Å². The largest absolute Gasteiger partial charge is 0.321 e. The third-order valence-corrected chi connectivity index (χ3v) is 5.01. The highest BCUT2D eigenvalue weighted by Gasteiger charge is 2.27. The lowest BCUT2D eigenvalue weighted by atomic mass is 10.0. The number of hydrogen-bond acceptors (Lipinski definition) is 5. The molecule has 0 bridgehead atoms. The van der Waals surface area contributed by atoms with Crippen LogP contribution in [-0.4, -0.2) is 29.5 Å². The van der Waals surface area contributed by atoms with Crippen LogP contribution in [0.15, 0.2) is 55.1 Å². The Bertz CT molecular complexity index is 1140. The molecule has 0 radical (unpaired) electrons. The minimum Gasteiger partial charge on any atom is -0.321 e. The van der Waals surface area contributed by atoms with Gasteiger partial charge in [0.2, 0.25) is 5.95 Å². The van der Waals surface area contributed by atoms with Crippen molar-refractivity contribution in [3.8, 4) is 16.9 Å². The summed E-state index contributed by atoms with van der Waals surface area (Å²) in [5.41, 5.74) is 6.38. The summed E-state index contributed by atoms with van der Waals surface area (Å²) >= 11 is 0. The molecule has 1 saturated carbocycles. The molecule has 0 atom stereocenters. The Morgan fingerprint density at radius 2 is 1.96 bits per heavy atom. The van der Waals surface area contributed by atoms with Crippen molar-refractivity contribution in [1.82, 2.24) is 29.5 Å². The van der Waals surface area contributed by atoms with E-state index in [1.165, 1.54) is 18.5 Å². The number of nitrogens with one attached hydrogen (secondary N) is 1. The van der Waals surface area contributed by atoms with Crippen molar-refractivity contribution in [1.29, 1.82) is 0 Å². The lowest BCUT2D eigenvalue weighted by Crippen LogP contribution is -2.02. The Balaban J connectivity index is 1.45. The first-order valence-corrected chi connectivity index (χ1v) is 9.41. The zero-order valence-corrected chi connectivity index (χ0v) is 15.9. The predicted molar refractivity (Wildman–Crippen MR) is 108 cm³/mol. The van der Waals surface area contributed by atoms with E-state index in [9.17, 15) is 0 Å².